The van der Waals surface area contributed by atoms with Crippen molar-refractivity contribution in [3.63, 3.8) is 0 Å². The second-order valence-electron chi connectivity index (χ2n) is 6.76. The van der Waals surface area contributed by atoms with E-state index in [2.05, 4.69) is 19.8 Å². The molecule has 2 heterocycles. The minimum atomic E-state index is -4.49. The Bertz CT molecular complexity index is 1010. The number of nitrogens with one attached hydrogen (secondary N) is 2. The van der Waals surface area contributed by atoms with Gasteiger partial charge in [0, 0.05) is 24.8 Å². The summed E-state index contributed by atoms with van der Waals surface area (Å²) in [6.07, 6.45) is -1.87. The molecular formula is C19H20F3N3O5S. The Hall–Kier alpha value is -2.70. The van der Waals surface area contributed by atoms with Crippen LogP contribution in [-0.2, 0) is 14.8 Å². The van der Waals surface area contributed by atoms with Gasteiger partial charge in [0.15, 0.2) is 6.61 Å². The zero-order chi connectivity index (χ0) is 22.5. The zero-order valence-corrected chi connectivity index (χ0v) is 17.0. The predicted molar refractivity (Wildman–Crippen MR) is 104 cm³/mol. The van der Waals surface area contributed by atoms with Gasteiger partial charge in [0.2, 0.25) is 15.9 Å². The Kier molecular flexibility index (Phi) is 7.13. The highest BCUT2D eigenvalue weighted by Gasteiger charge is 2.28. The van der Waals surface area contributed by atoms with Gasteiger partial charge >= 0.3 is 6.18 Å². The number of amides is 1. The molecule has 2 aromatic rings. The minimum Gasteiger partial charge on any atom is -0.468 e. The highest BCUT2D eigenvalue weighted by atomic mass is 32.2. The van der Waals surface area contributed by atoms with Crippen molar-refractivity contribution >= 4 is 21.6 Å². The molecule has 1 aliphatic heterocycles. The van der Waals surface area contributed by atoms with Crippen molar-refractivity contribution in [1.29, 1.82) is 0 Å². The largest absolute Gasteiger partial charge is 0.468 e. The molecule has 1 unspecified atom stereocenters. The predicted octanol–water partition coefficient (Wildman–Crippen LogP) is 2.73. The number of halogens is 3. The van der Waals surface area contributed by atoms with Crippen LogP contribution >= 0.6 is 0 Å². The van der Waals surface area contributed by atoms with Gasteiger partial charge in [0.25, 0.3) is 5.91 Å². The molecule has 1 aromatic carbocycles. The molecule has 0 radical (unpaired) electrons. The highest BCUT2D eigenvalue weighted by molar-refractivity contribution is 7.89. The average molecular weight is 459 g/mol. The van der Waals surface area contributed by atoms with Crippen LogP contribution in [0.5, 0.6) is 5.88 Å². The standard InChI is InChI=1S/C19H20F3N3O5S/c20-19(21,22)12-30-17-7-6-14(10-23-17)25-18(26)13-3-1-5-16(9-13)31(27,28)24-11-15-4-2-8-29-15/h1,3,5-7,9-10,15,24H,2,4,8,11-12H2,(H,25,26). The molecule has 3 rings (SSSR count). The normalized spacial score (nSPS) is 16.8. The lowest BCUT2D eigenvalue weighted by molar-refractivity contribution is -0.154. The Labute approximate surface area is 176 Å². The van der Waals surface area contributed by atoms with E-state index in [0.29, 0.717) is 6.61 Å². The molecule has 1 fully saturated rings. The summed E-state index contributed by atoms with van der Waals surface area (Å²) in [6.45, 7) is -0.729. The maximum Gasteiger partial charge on any atom is 0.422 e. The third-order valence-electron chi connectivity index (χ3n) is 4.31. The van der Waals surface area contributed by atoms with Gasteiger partial charge in [-0.15, -0.1) is 0 Å². The lowest BCUT2D eigenvalue weighted by atomic mass is 10.2. The van der Waals surface area contributed by atoms with E-state index >= 15 is 0 Å². The Morgan fingerprint density at radius 2 is 2.06 bits per heavy atom. The number of carbonyl (C=O) groups is 1. The van der Waals surface area contributed by atoms with E-state index in [1.54, 1.807) is 0 Å². The molecule has 2 N–H and O–H groups in total. The molecular weight excluding hydrogens is 439 g/mol. The van der Waals surface area contributed by atoms with E-state index in [1.165, 1.54) is 36.4 Å². The lowest BCUT2D eigenvalue weighted by Gasteiger charge is -2.12. The summed E-state index contributed by atoms with van der Waals surface area (Å²) in [6, 6.07) is 7.95. The number of anilines is 1. The van der Waals surface area contributed by atoms with Gasteiger partial charge in [-0.2, -0.15) is 13.2 Å². The third-order valence-corrected chi connectivity index (χ3v) is 5.73. The van der Waals surface area contributed by atoms with Crippen molar-refractivity contribution in [2.24, 2.45) is 0 Å². The number of pyridine rings is 1. The molecule has 12 heteroatoms. The number of benzene rings is 1. The van der Waals surface area contributed by atoms with Crippen LogP contribution in [0.1, 0.15) is 23.2 Å². The minimum absolute atomic E-state index is 0.0767. The number of sulfonamides is 1. The van der Waals surface area contributed by atoms with Crippen LogP contribution in [0.2, 0.25) is 0 Å². The van der Waals surface area contributed by atoms with Crippen LogP contribution in [0.15, 0.2) is 47.5 Å². The number of ether oxygens (including phenoxy) is 2. The van der Waals surface area contributed by atoms with Gasteiger partial charge < -0.3 is 14.8 Å². The fraction of sp³-hybridized carbons (Fsp3) is 0.368. The molecule has 8 nitrogen and oxygen atoms in total. The monoisotopic (exact) mass is 459 g/mol. The quantitative estimate of drug-likeness (QED) is 0.629. The van der Waals surface area contributed by atoms with Crippen molar-refractivity contribution in [2.75, 3.05) is 25.1 Å². The fourth-order valence-corrected chi connectivity index (χ4v) is 3.91. The van der Waals surface area contributed by atoms with E-state index < -0.39 is 28.7 Å². The van der Waals surface area contributed by atoms with Gasteiger partial charge in [-0.25, -0.2) is 18.1 Å². The summed E-state index contributed by atoms with van der Waals surface area (Å²) < 4.78 is 73.8. The maximum absolute atomic E-state index is 12.5. The second-order valence-corrected chi connectivity index (χ2v) is 8.52. The van der Waals surface area contributed by atoms with E-state index in [4.69, 9.17) is 4.74 Å². The van der Waals surface area contributed by atoms with E-state index in [-0.39, 0.29) is 34.7 Å². The molecule has 0 spiro atoms. The Balaban J connectivity index is 1.61. The SMILES string of the molecule is O=C(Nc1ccc(OCC(F)(F)F)nc1)c1cccc(S(=O)(=O)NCC2CCCO2)c1. The average Bonchev–Trinajstić information content (AvgIpc) is 3.25. The number of rotatable bonds is 8. The molecule has 1 amide bonds. The van der Waals surface area contributed by atoms with Crippen molar-refractivity contribution < 1.29 is 35.9 Å². The van der Waals surface area contributed by atoms with Gasteiger partial charge in [-0.05, 0) is 37.1 Å². The zero-order valence-electron chi connectivity index (χ0n) is 16.2. The molecule has 168 valence electrons. The molecule has 0 bridgehead atoms. The summed E-state index contributed by atoms with van der Waals surface area (Å²) in [5.74, 6) is -0.859. The summed E-state index contributed by atoms with van der Waals surface area (Å²) in [5.41, 5.74) is 0.284. The van der Waals surface area contributed by atoms with E-state index in [1.807, 2.05) is 0 Å². The van der Waals surface area contributed by atoms with E-state index in [0.717, 1.165) is 19.0 Å². The van der Waals surface area contributed by atoms with Gasteiger partial charge in [0.05, 0.1) is 22.9 Å². The third kappa shape index (κ3) is 6.91. The first kappa shape index (κ1) is 23.0. The number of nitrogens with zero attached hydrogens (tertiary/aromatic N) is 1. The van der Waals surface area contributed by atoms with Crippen molar-refractivity contribution in [3.8, 4) is 5.88 Å². The van der Waals surface area contributed by atoms with Gasteiger partial charge in [0.1, 0.15) is 0 Å². The van der Waals surface area contributed by atoms with Crippen molar-refractivity contribution in [1.82, 2.24) is 9.71 Å². The first-order chi connectivity index (χ1) is 14.6. The van der Waals surface area contributed by atoms with Crippen LogP contribution < -0.4 is 14.8 Å². The molecule has 1 saturated heterocycles. The number of carbonyl (C=O) groups excluding carboxylic acids is 1. The van der Waals surface area contributed by atoms with Crippen LogP contribution in [0.4, 0.5) is 18.9 Å². The second kappa shape index (κ2) is 9.62. The van der Waals surface area contributed by atoms with Crippen molar-refractivity contribution in [2.45, 2.75) is 30.0 Å². The summed E-state index contributed by atoms with van der Waals surface area (Å²) in [4.78, 5) is 16.1. The molecule has 0 aliphatic carbocycles. The molecule has 1 aliphatic rings. The summed E-state index contributed by atoms with van der Waals surface area (Å²) >= 11 is 0. The Morgan fingerprint density at radius 3 is 2.71 bits per heavy atom. The fourth-order valence-electron chi connectivity index (χ4n) is 2.79. The summed E-state index contributed by atoms with van der Waals surface area (Å²) in [5, 5.41) is 2.50. The highest BCUT2D eigenvalue weighted by Crippen LogP contribution is 2.19. The van der Waals surface area contributed by atoms with Gasteiger partial charge in [-0.1, -0.05) is 6.07 Å². The van der Waals surface area contributed by atoms with Crippen LogP contribution in [0.25, 0.3) is 0 Å². The lowest BCUT2D eigenvalue weighted by Crippen LogP contribution is -2.32. The molecule has 1 aromatic heterocycles. The topological polar surface area (TPSA) is 107 Å². The van der Waals surface area contributed by atoms with E-state index in [9.17, 15) is 26.4 Å². The first-order valence-corrected chi connectivity index (χ1v) is 10.8. The van der Waals surface area contributed by atoms with Crippen LogP contribution in [0.3, 0.4) is 0 Å². The first-order valence-electron chi connectivity index (χ1n) is 9.31. The molecule has 31 heavy (non-hydrogen) atoms. The summed E-state index contributed by atoms with van der Waals surface area (Å²) in [7, 11) is -3.83. The van der Waals surface area contributed by atoms with Gasteiger partial charge in [-0.3, -0.25) is 4.79 Å². The van der Waals surface area contributed by atoms with Crippen molar-refractivity contribution in [3.05, 3.63) is 48.2 Å². The maximum atomic E-state index is 12.5. The number of hydrogen-bond acceptors (Lipinski definition) is 6. The number of alkyl halides is 3. The Morgan fingerprint density at radius 1 is 1.26 bits per heavy atom. The molecule has 0 saturated carbocycles. The number of hydrogen-bond donors (Lipinski definition) is 2. The van der Waals surface area contributed by atoms with Crippen LogP contribution in [0, 0.1) is 0 Å². The molecule has 1 atom stereocenters. The number of aromatic nitrogens is 1. The smallest absolute Gasteiger partial charge is 0.422 e. The van der Waals surface area contributed by atoms with Crippen LogP contribution in [-0.4, -0.2) is 51.3 Å².